The maximum Gasteiger partial charge on any atom is 0.254 e. The normalized spacial score (nSPS) is 13.9. The van der Waals surface area contributed by atoms with Gasteiger partial charge in [-0.15, -0.1) is 0 Å². The van der Waals surface area contributed by atoms with E-state index in [1.54, 1.807) is 0 Å². The van der Waals surface area contributed by atoms with Crippen LogP contribution in [0.25, 0.3) is 0 Å². The summed E-state index contributed by atoms with van der Waals surface area (Å²) in [4.78, 5) is 14.4. The van der Waals surface area contributed by atoms with Crippen LogP contribution in [0.5, 0.6) is 0 Å². The highest BCUT2D eigenvalue weighted by atomic mass is 79.9. The van der Waals surface area contributed by atoms with Crippen molar-refractivity contribution >= 4 is 27.5 Å². The van der Waals surface area contributed by atoms with Gasteiger partial charge in [0.25, 0.3) is 5.91 Å². The highest BCUT2D eigenvalue weighted by molar-refractivity contribution is 9.10. The van der Waals surface area contributed by atoms with Crippen LogP contribution in [0.3, 0.4) is 0 Å². The Bertz CT molecular complexity index is 669. The summed E-state index contributed by atoms with van der Waals surface area (Å²) in [5.74, 6) is 0.0689. The number of hydrogen-bond donors (Lipinski definition) is 1. The van der Waals surface area contributed by atoms with E-state index in [0.717, 1.165) is 28.7 Å². The van der Waals surface area contributed by atoms with Gasteiger partial charge in [-0.05, 0) is 47.9 Å². The molecule has 102 valence electrons. The molecule has 0 radical (unpaired) electrons. The molecule has 0 saturated heterocycles. The smallest absolute Gasteiger partial charge is 0.254 e. The number of amides is 1. The molecule has 0 bridgehead atoms. The van der Waals surface area contributed by atoms with Crippen LogP contribution in [0.2, 0.25) is 0 Å². The molecule has 0 aliphatic carbocycles. The Morgan fingerprint density at radius 3 is 2.80 bits per heavy atom. The Balaban J connectivity index is 1.84. The molecule has 1 aliphatic rings. The summed E-state index contributed by atoms with van der Waals surface area (Å²) in [6.07, 6.45) is 0.884. The van der Waals surface area contributed by atoms with Gasteiger partial charge in [0, 0.05) is 28.8 Å². The molecule has 2 aromatic rings. The van der Waals surface area contributed by atoms with Gasteiger partial charge in [0.2, 0.25) is 0 Å². The molecule has 0 saturated carbocycles. The van der Waals surface area contributed by atoms with Crippen molar-refractivity contribution in [1.29, 1.82) is 0 Å². The second kappa shape index (κ2) is 5.29. The average Bonchev–Trinajstić information content (AvgIpc) is 2.45. The second-order valence-corrected chi connectivity index (χ2v) is 5.93. The van der Waals surface area contributed by atoms with Crippen molar-refractivity contribution in [3.63, 3.8) is 0 Å². The maximum atomic E-state index is 12.5. The zero-order chi connectivity index (χ0) is 14.1. The third kappa shape index (κ3) is 2.56. The van der Waals surface area contributed by atoms with Crippen molar-refractivity contribution < 1.29 is 4.79 Å². The zero-order valence-electron chi connectivity index (χ0n) is 11.0. The molecule has 1 amide bonds. The highest BCUT2D eigenvalue weighted by Crippen LogP contribution is 2.23. The van der Waals surface area contributed by atoms with Crippen molar-refractivity contribution in [3.8, 4) is 0 Å². The largest absolute Gasteiger partial charge is 0.399 e. The number of nitrogens with zero attached hydrogens (tertiary/aromatic N) is 1. The molecule has 0 unspecified atom stereocenters. The van der Waals surface area contributed by atoms with E-state index in [2.05, 4.69) is 22.0 Å². The molecule has 0 aromatic heterocycles. The van der Waals surface area contributed by atoms with E-state index >= 15 is 0 Å². The molecule has 0 atom stereocenters. The fraction of sp³-hybridized carbons (Fsp3) is 0.188. The standard InChI is InChI=1S/C16H15BrN2O/c17-14-3-1-2-12(8-14)16(20)19-7-6-11-4-5-15(18)9-13(11)10-19/h1-5,8-9H,6-7,10,18H2. The monoisotopic (exact) mass is 330 g/mol. The van der Waals surface area contributed by atoms with Crippen molar-refractivity contribution in [2.45, 2.75) is 13.0 Å². The summed E-state index contributed by atoms with van der Waals surface area (Å²) < 4.78 is 0.921. The predicted octanol–water partition coefficient (Wildman–Crippen LogP) is 3.23. The first-order valence-corrected chi connectivity index (χ1v) is 7.35. The molecular weight excluding hydrogens is 316 g/mol. The van der Waals surface area contributed by atoms with Crippen LogP contribution in [0.15, 0.2) is 46.9 Å². The summed E-state index contributed by atoms with van der Waals surface area (Å²) in [6, 6.07) is 13.5. The Morgan fingerprint density at radius 1 is 1.15 bits per heavy atom. The molecule has 0 spiro atoms. The Hall–Kier alpha value is -1.81. The van der Waals surface area contributed by atoms with Crippen molar-refractivity contribution in [2.75, 3.05) is 12.3 Å². The minimum Gasteiger partial charge on any atom is -0.399 e. The van der Waals surface area contributed by atoms with E-state index in [-0.39, 0.29) is 5.91 Å². The summed E-state index contributed by atoms with van der Waals surface area (Å²) >= 11 is 3.40. The lowest BCUT2D eigenvalue weighted by molar-refractivity contribution is 0.0734. The summed E-state index contributed by atoms with van der Waals surface area (Å²) in [7, 11) is 0. The van der Waals surface area contributed by atoms with Crippen LogP contribution >= 0.6 is 15.9 Å². The lowest BCUT2D eigenvalue weighted by Gasteiger charge is -2.29. The van der Waals surface area contributed by atoms with Gasteiger partial charge in [-0.3, -0.25) is 4.79 Å². The zero-order valence-corrected chi connectivity index (χ0v) is 12.6. The summed E-state index contributed by atoms with van der Waals surface area (Å²) in [5.41, 5.74) is 9.73. The van der Waals surface area contributed by atoms with Gasteiger partial charge in [-0.1, -0.05) is 28.1 Å². The molecule has 0 fully saturated rings. The van der Waals surface area contributed by atoms with Crippen LogP contribution < -0.4 is 5.73 Å². The third-order valence-electron chi connectivity index (χ3n) is 3.60. The minimum absolute atomic E-state index is 0.0689. The number of anilines is 1. The molecule has 2 aromatic carbocycles. The third-order valence-corrected chi connectivity index (χ3v) is 4.09. The first-order valence-electron chi connectivity index (χ1n) is 6.55. The second-order valence-electron chi connectivity index (χ2n) is 5.02. The van der Waals surface area contributed by atoms with Gasteiger partial charge in [-0.2, -0.15) is 0 Å². The number of hydrogen-bond acceptors (Lipinski definition) is 2. The Kier molecular flexibility index (Phi) is 3.49. The van der Waals surface area contributed by atoms with Crippen LogP contribution in [0.4, 0.5) is 5.69 Å². The van der Waals surface area contributed by atoms with Gasteiger partial charge in [-0.25, -0.2) is 0 Å². The molecule has 2 N–H and O–H groups in total. The van der Waals surface area contributed by atoms with Crippen LogP contribution in [-0.4, -0.2) is 17.4 Å². The maximum absolute atomic E-state index is 12.5. The van der Waals surface area contributed by atoms with Crippen molar-refractivity contribution in [1.82, 2.24) is 4.90 Å². The van der Waals surface area contributed by atoms with Crippen LogP contribution in [0.1, 0.15) is 21.5 Å². The molecule has 3 rings (SSSR count). The number of benzene rings is 2. The first kappa shape index (κ1) is 13.2. The van der Waals surface area contributed by atoms with Gasteiger partial charge in [0.15, 0.2) is 0 Å². The summed E-state index contributed by atoms with van der Waals surface area (Å²) in [6.45, 7) is 1.38. The summed E-state index contributed by atoms with van der Waals surface area (Å²) in [5, 5.41) is 0. The topological polar surface area (TPSA) is 46.3 Å². The van der Waals surface area contributed by atoms with E-state index in [1.165, 1.54) is 5.56 Å². The molecule has 4 heteroatoms. The Labute approximate surface area is 126 Å². The van der Waals surface area contributed by atoms with E-state index < -0.39 is 0 Å². The average molecular weight is 331 g/mol. The molecular formula is C16H15BrN2O. The van der Waals surface area contributed by atoms with E-state index in [9.17, 15) is 4.79 Å². The number of nitrogen functional groups attached to an aromatic ring is 1. The molecule has 20 heavy (non-hydrogen) atoms. The number of fused-ring (bicyclic) bond motifs is 1. The SMILES string of the molecule is Nc1ccc2c(c1)CN(C(=O)c1cccc(Br)c1)CC2. The number of rotatable bonds is 1. The lowest BCUT2D eigenvalue weighted by atomic mass is 9.98. The van der Waals surface area contributed by atoms with Gasteiger partial charge in [0.05, 0.1) is 0 Å². The van der Waals surface area contributed by atoms with Crippen LogP contribution in [0, 0.1) is 0 Å². The van der Waals surface area contributed by atoms with Gasteiger partial charge in [0.1, 0.15) is 0 Å². The molecule has 3 nitrogen and oxygen atoms in total. The van der Waals surface area contributed by atoms with E-state index in [4.69, 9.17) is 5.73 Å². The fourth-order valence-electron chi connectivity index (χ4n) is 2.55. The quantitative estimate of drug-likeness (QED) is 0.816. The predicted molar refractivity (Wildman–Crippen MR) is 83.4 cm³/mol. The van der Waals surface area contributed by atoms with E-state index in [0.29, 0.717) is 12.1 Å². The van der Waals surface area contributed by atoms with E-state index in [1.807, 2.05) is 41.3 Å². The highest BCUT2D eigenvalue weighted by Gasteiger charge is 2.21. The molecule has 1 aliphatic heterocycles. The van der Waals surface area contributed by atoms with Crippen LogP contribution in [-0.2, 0) is 13.0 Å². The fourth-order valence-corrected chi connectivity index (χ4v) is 2.95. The Morgan fingerprint density at radius 2 is 2.00 bits per heavy atom. The number of carbonyl (C=O) groups excluding carboxylic acids is 1. The number of halogens is 1. The van der Waals surface area contributed by atoms with Crippen molar-refractivity contribution in [3.05, 3.63) is 63.6 Å². The first-order chi connectivity index (χ1) is 9.63. The minimum atomic E-state index is 0.0689. The number of nitrogens with two attached hydrogens (primary N) is 1. The number of carbonyl (C=O) groups is 1. The molecule has 1 heterocycles. The van der Waals surface area contributed by atoms with Crippen molar-refractivity contribution in [2.24, 2.45) is 0 Å². The lowest BCUT2D eigenvalue weighted by Crippen LogP contribution is -2.36. The van der Waals surface area contributed by atoms with Gasteiger partial charge >= 0.3 is 0 Å². The van der Waals surface area contributed by atoms with Gasteiger partial charge < -0.3 is 10.6 Å².